The summed E-state index contributed by atoms with van der Waals surface area (Å²) in [6, 6.07) is -0.537. The maximum Gasteiger partial charge on any atom is 0.326 e. The van der Waals surface area contributed by atoms with E-state index in [1.165, 1.54) is 0 Å². The van der Waals surface area contributed by atoms with Crippen molar-refractivity contribution in [3.8, 4) is 0 Å². The second-order valence-electron chi connectivity index (χ2n) is 3.90. The molecule has 106 valence electrons. The van der Waals surface area contributed by atoms with Crippen molar-refractivity contribution in [3.63, 3.8) is 0 Å². The molecule has 0 saturated carbocycles. The zero-order chi connectivity index (χ0) is 14.7. The van der Waals surface area contributed by atoms with Crippen LogP contribution >= 0.6 is 31.9 Å². The summed E-state index contributed by atoms with van der Waals surface area (Å²) in [7, 11) is 0. The molecule has 0 aliphatic carbocycles. The van der Waals surface area contributed by atoms with E-state index in [1.54, 1.807) is 12.3 Å². The highest BCUT2D eigenvalue weighted by Crippen LogP contribution is 2.26. The van der Waals surface area contributed by atoms with E-state index >= 15 is 0 Å². The number of aromatic nitrogens is 1. The summed E-state index contributed by atoms with van der Waals surface area (Å²) in [6.45, 7) is 0.342. The molecule has 0 atom stereocenters. The minimum absolute atomic E-state index is 0.202. The fourth-order valence-corrected chi connectivity index (χ4v) is 2.28. The van der Waals surface area contributed by atoms with Gasteiger partial charge in [-0.25, -0.2) is 4.79 Å². The Balaban J connectivity index is 1.83. The predicted octanol–water partition coefficient (Wildman–Crippen LogP) is 1.38. The average molecular weight is 406 g/mol. The van der Waals surface area contributed by atoms with Gasteiger partial charge in [-0.3, -0.25) is 14.9 Å². The van der Waals surface area contributed by atoms with Gasteiger partial charge >= 0.3 is 6.03 Å². The molecule has 1 aromatic heterocycles. The Labute approximate surface area is 130 Å². The molecule has 20 heavy (non-hydrogen) atoms. The van der Waals surface area contributed by atoms with E-state index in [2.05, 4.69) is 52.8 Å². The number of carbonyl (C=O) groups excluding carboxylic acids is 3. The molecule has 0 radical (unpaired) electrons. The molecule has 0 aromatic carbocycles. The second kappa shape index (κ2) is 6.23. The van der Waals surface area contributed by atoms with Crippen LogP contribution < -0.4 is 16.0 Å². The Morgan fingerprint density at radius 3 is 2.60 bits per heavy atom. The van der Waals surface area contributed by atoms with E-state index in [1.807, 2.05) is 0 Å². The molecule has 1 aliphatic heterocycles. The normalized spacial score (nSPS) is 16.2. The average Bonchev–Trinajstić information content (AvgIpc) is 2.89. The number of imide groups is 1. The molecule has 1 aliphatic rings. The summed E-state index contributed by atoms with van der Waals surface area (Å²) in [5.41, 5.74) is 0.615. The van der Waals surface area contributed by atoms with Crippen LogP contribution in [0, 0.1) is 0 Å². The summed E-state index contributed by atoms with van der Waals surface area (Å²) in [5.74, 6) is -0.724. The van der Waals surface area contributed by atoms with Crippen molar-refractivity contribution in [1.82, 2.24) is 20.9 Å². The van der Waals surface area contributed by atoms with E-state index in [0.29, 0.717) is 23.1 Å². The van der Waals surface area contributed by atoms with Gasteiger partial charge in [0.2, 0.25) is 0 Å². The van der Waals surface area contributed by atoms with Gasteiger partial charge in [0.05, 0.1) is 8.95 Å². The summed E-state index contributed by atoms with van der Waals surface area (Å²) >= 11 is 6.55. The van der Waals surface area contributed by atoms with E-state index in [4.69, 9.17) is 0 Å². The number of hydrogen-bond acceptors (Lipinski definition) is 3. The molecule has 2 heterocycles. The Bertz CT molecular complexity index is 609. The lowest BCUT2D eigenvalue weighted by atomic mass is 10.3. The van der Waals surface area contributed by atoms with Crippen molar-refractivity contribution < 1.29 is 14.4 Å². The van der Waals surface area contributed by atoms with E-state index < -0.39 is 11.9 Å². The topological polar surface area (TPSA) is 103 Å². The van der Waals surface area contributed by atoms with Gasteiger partial charge in [-0.05, 0) is 38.3 Å². The number of urea groups is 1. The number of nitrogens with one attached hydrogen (secondary N) is 4. The minimum Gasteiger partial charge on any atom is -0.355 e. The van der Waals surface area contributed by atoms with E-state index in [9.17, 15) is 14.4 Å². The Kier molecular flexibility index (Phi) is 4.61. The van der Waals surface area contributed by atoms with Crippen LogP contribution in [0.15, 0.2) is 26.9 Å². The lowest BCUT2D eigenvalue weighted by molar-refractivity contribution is -0.115. The van der Waals surface area contributed by atoms with Crippen LogP contribution in [0.4, 0.5) is 4.79 Å². The Morgan fingerprint density at radius 2 is 2.05 bits per heavy atom. The smallest absolute Gasteiger partial charge is 0.326 e. The molecule has 1 fully saturated rings. The first-order valence-corrected chi connectivity index (χ1v) is 7.20. The molecule has 1 aromatic rings. The second-order valence-corrected chi connectivity index (χ2v) is 5.54. The number of H-pyrrole nitrogens is 1. The molecule has 0 unspecified atom stereocenters. The largest absolute Gasteiger partial charge is 0.355 e. The van der Waals surface area contributed by atoms with Crippen molar-refractivity contribution in [2.75, 3.05) is 6.54 Å². The summed E-state index contributed by atoms with van der Waals surface area (Å²) in [6.07, 6.45) is 3.63. The maximum atomic E-state index is 11.8. The van der Waals surface area contributed by atoms with Crippen LogP contribution in [0.1, 0.15) is 16.9 Å². The fraction of sp³-hybridized carbons (Fsp3) is 0.182. The minimum atomic E-state index is -0.537. The van der Waals surface area contributed by atoms with Gasteiger partial charge in [0, 0.05) is 12.7 Å². The molecular weight excluding hydrogens is 396 g/mol. The molecule has 4 amide bonds. The van der Waals surface area contributed by atoms with E-state index in [0.717, 1.165) is 4.47 Å². The molecule has 0 spiro atoms. The lowest BCUT2D eigenvalue weighted by Crippen LogP contribution is -2.25. The number of hydrogen-bond donors (Lipinski definition) is 4. The molecule has 9 heteroatoms. The van der Waals surface area contributed by atoms with Crippen LogP contribution in [0.3, 0.4) is 0 Å². The van der Waals surface area contributed by atoms with Gasteiger partial charge in [-0.15, -0.1) is 0 Å². The van der Waals surface area contributed by atoms with E-state index in [-0.39, 0.29) is 11.6 Å². The van der Waals surface area contributed by atoms with Crippen molar-refractivity contribution in [1.29, 1.82) is 0 Å². The van der Waals surface area contributed by atoms with Gasteiger partial charge in [0.1, 0.15) is 11.4 Å². The number of halogens is 2. The molecule has 4 N–H and O–H groups in total. The van der Waals surface area contributed by atoms with Gasteiger partial charge in [-0.2, -0.15) is 0 Å². The van der Waals surface area contributed by atoms with Gasteiger partial charge in [-0.1, -0.05) is 6.08 Å². The summed E-state index contributed by atoms with van der Waals surface area (Å²) in [4.78, 5) is 36.7. The molecular formula is C11H10Br2N4O3. The first kappa shape index (κ1) is 14.8. The van der Waals surface area contributed by atoms with Crippen LogP contribution in [-0.2, 0) is 4.79 Å². The fourth-order valence-electron chi connectivity index (χ4n) is 1.56. The maximum absolute atomic E-state index is 11.8. The SMILES string of the molecule is O=C1NC(=O)/C(=C/CCNC(=O)c2[nH]cc(Br)c2Br)N1. The molecule has 2 rings (SSSR count). The number of rotatable bonds is 4. The highest BCUT2D eigenvalue weighted by molar-refractivity contribution is 9.13. The molecule has 7 nitrogen and oxygen atoms in total. The third kappa shape index (κ3) is 3.28. The summed E-state index contributed by atoms with van der Waals surface area (Å²) in [5, 5.41) is 7.15. The first-order chi connectivity index (χ1) is 9.49. The molecule has 1 saturated heterocycles. The first-order valence-electron chi connectivity index (χ1n) is 5.62. The third-order valence-electron chi connectivity index (χ3n) is 2.50. The quantitative estimate of drug-likeness (QED) is 0.345. The van der Waals surface area contributed by atoms with Gasteiger partial charge in [0.25, 0.3) is 11.8 Å². The lowest BCUT2D eigenvalue weighted by Gasteiger charge is -2.02. The third-order valence-corrected chi connectivity index (χ3v) is 4.48. The zero-order valence-electron chi connectivity index (χ0n) is 10.0. The van der Waals surface area contributed by atoms with Crippen LogP contribution in [0.2, 0.25) is 0 Å². The van der Waals surface area contributed by atoms with Crippen LogP contribution in [0.25, 0.3) is 0 Å². The van der Waals surface area contributed by atoms with Gasteiger partial charge < -0.3 is 15.6 Å². The molecule has 0 bridgehead atoms. The number of carbonyl (C=O) groups is 3. The van der Waals surface area contributed by atoms with Gasteiger partial charge in [0.15, 0.2) is 0 Å². The number of aromatic amines is 1. The Morgan fingerprint density at radius 1 is 1.30 bits per heavy atom. The number of amides is 4. The van der Waals surface area contributed by atoms with Crippen molar-refractivity contribution >= 4 is 49.7 Å². The summed E-state index contributed by atoms with van der Waals surface area (Å²) < 4.78 is 1.41. The standard InChI is InChI=1S/C11H10Br2N4O3/c12-5-4-15-8(7(5)13)10(19)14-3-1-2-6-9(18)17-11(20)16-6/h2,4,15H,1,3H2,(H,14,19)(H2,16,17,18,20)/b6-2-. The monoisotopic (exact) mass is 404 g/mol. The highest BCUT2D eigenvalue weighted by Gasteiger charge is 2.22. The predicted molar refractivity (Wildman–Crippen MR) is 77.9 cm³/mol. The van der Waals surface area contributed by atoms with Crippen molar-refractivity contribution in [2.45, 2.75) is 6.42 Å². The van der Waals surface area contributed by atoms with Crippen molar-refractivity contribution in [2.24, 2.45) is 0 Å². The van der Waals surface area contributed by atoms with Crippen LogP contribution in [-0.4, -0.2) is 29.4 Å². The Hall–Kier alpha value is -1.61. The zero-order valence-corrected chi connectivity index (χ0v) is 13.2. The highest BCUT2D eigenvalue weighted by atomic mass is 79.9. The van der Waals surface area contributed by atoms with Crippen LogP contribution in [0.5, 0.6) is 0 Å². The van der Waals surface area contributed by atoms with Crippen molar-refractivity contribution in [3.05, 3.63) is 32.6 Å².